The molecule has 0 spiro atoms. The van der Waals surface area contributed by atoms with E-state index in [1.54, 1.807) is 30.5 Å². The third kappa shape index (κ3) is 6.33. The largest absolute Gasteiger partial charge is 0.352 e. The molecule has 0 saturated heterocycles. The molecule has 0 aliphatic heterocycles. The molecule has 0 radical (unpaired) electrons. The van der Waals surface area contributed by atoms with Gasteiger partial charge in [0.15, 0.2) is 0 Å². The molecule has 4 aromatic rings. The van der Waals surface area contributed by atoms with Crippen LogP contribution in [0, 0.1) is 0 Å². The molecule has 172 valence electrons. The van der Waals surface area contributed by atoms with Gasteiger partial charge in [-0.15, -0.1) is 0 Å². The average molecular weight is 473 g/mol. The highest BCUT2D eigenvalue weighted by molar-refractivity contribution is 6.30. The van der Waals surface area contributed by atoms with Gasteiger partial charge in [-0.1, -0.05) is 60.1 Å². The first-order valence-electron chi connectivity index (χ1n) is 11.0. The Balaban J connectivity index is 1.29. The standard InChI is InChI=1S/C27H25ClN4O2/c28-24-12-10-22(11-13-24)27(34)29-16-14-26(33)30-18-23-4-1-2-5-25(23)21-8-6-20(7-9-21)19-32-17-3-15-31-32/h1-13,15,17H,14,16,18-19H2,(H,29,34)(H,30,33). The molecule has 4 rings (SSSR count). The number of aromatic nitrogens is 2. The van der Waals surface area contributed by atoms with E-state index in [1.165, 1.54) is 5.56 Å². The zero-order valence-electron chi connectivity index (χ0n) is 18.6. The number of amides is 2. The van der Waals surface area contributed by atoms with Crippen LogP contribution in [0.15, 0.2) is 91.3 Å². The van der Waals surface area contributed by atoms with Crippen LogP contribution in [0.4, 0.5) is 0 Å². The summed E-state index contributed by atoms with van der Waals surface area (Å²) >= 11 is 5.84. The Morgan fingerprint density at radius 1 is 0.882 bits per heavy atom. The Morgan fingerprint density at radius 2 is 1.65 bits per heavy atom. The molecule has 7 heteroatoms. The van der Waals surface area contributed by atoms with E-state index < -0.39 is 0 Å². The quantitative estimate of drug-likeness (QED) is 0.371. The number of rotatable bonds is 9. The minimum Gasteiger partial charge on any atom is -0.352 e. The van der Waals surface area contributed by atoms with Gasteiger partial charge in [0.05, 0.1) is 6.54 Å². The fourth-order valence-electron chi connectivity index (χ4n) is 3.60. The zero-order chi connectivity index (χ0) is 23.8. The number of hydrogen-bond donors (Lipinski definition) is 2. The molecule has 1 aromatic heterocycles. The van der Waals surface area contributed by atoms with Gasteiger partial charge in [0.2, 0.25) is 5.91 Å². The van der Waals surface area contributed by atoms with E-state index in [4.69, 9.17) is 11.6 Å². The first-order valence-corrected chi connectivity index (χ1v) is 11.4. The lowest BCUT2D eigenvalue weighted by Gasteiger charge is -2.12. The first-order chi connectivity index (χ1) is 16.6. The topological polar surface area (TPSA) is 76.0 Å². The second-order valence-electron chi connectivity index (χ2n) is 7.85. The van der Waals surface area contributed by atoms with Gasteiger partial charge in [0, 0.05) is 42.5 Å². The van der Waals surface area contributed by atoms with Gasteiger partial charge in [0.25, 0.3) is 5.91 Å². The van der Waals surface area contributed by atoms with Crippen molar-refractivity contribution in [2.75, 3.05) is 6.54 Å². The maximum Gasteiger partial charge on any atom is 0.251 e. The van der Waals surface area contributed by atoms with Gasteiger partial charge in [0.1, 0.15) is 0 Å². The molecule has 2 N–H and O–H groups in total. The molecule has 2 amide bonds. The molecule has 0 aliphatic carbocycles. The van der Waals surface area contributed by atoms with Crippen LogP contribution in [0.5, 0.6) is 0 Å². The fourth-order valence-corrected chi connectivity index (χ4v) is 3.73. The summed E-state index contributed by atoms with van der Waals surface area (Å²) in [5.74, 6) is -0.355. The van der Waals surface area contributed by atoms with Crippen LogP contribution < -0.4 is 10.6 Å². The number of nitrogens with one attached hydrogen (secondary N) is 2. The Kier molecular flexibility index (Phi) is 7.73. The molecular formula is C27H25ClN4O2. The Bertz CT molecular complexity index is 1240. The van der Waals surface area contributed by atoms with Crippen LogP contribution in [0.1, 0.15) is 27.9 Å². The lowest BCUT2D eigenvalue weighted by atomic mass is 9.98. The van der Waals surface area contributed by atoms with Gasteiger partial charge in [-0.3, -0.25) is 14.3 Å². The Hall–Kier alpha value is -3.90. The highest BCUT2D eigenvalue weighted by Crippen LogP contribution is 2.24. The molecule has 34 heavy (non-hydrogen) atoms. The van der Waals surface area contributed by atoms with Crippen molar-refractivity contribution in [2.45, 2.75) is 19.5 Å². The van der Waals surface area contributed by atoms with Crippen molar-refractivity contribution in [3.8, 4) is 11.1 Å². The number of nitrogens with zero attached hydrogens (tertiary/aromatic N) is 2. The minimum absolute atomic E-state index is 0.124. The van der Waals surface area contributed by atoms with E-state index in [2.05, 4.69) is 46.1 Å². The summed E-state index contributed by atoms with van der Waals surface area (Å²) in [5.41, 5.74) is 4.86. The summed E-state index contributed by atoms with van der Waals surface area (Å²) in [5, 5.41) is 10.5. The molecule has 6 nitrogen and oxygen atoms in total. The molecule has 0 aliphatic rings. The van der Waals surface area contributed by atoms with Crippen molar-refractivity contribution in [3.63, 3.8) is 0 Å². The van der Waals surface area contributed by atoms with E-state index in [0.717, 1.165) is 23.2 Å². The Labute approximate surface area is 203 Å². The smallest absolute Gasteiger partial charge is 0.251 e. The normalized spacial score (nSPS) is 10.6. The van der Waals surface area contributed by atoms with Gasteiger partial charge >= 0.3 is 0 Å². The SMILES string of the molecule is O=C(CCNC(=O)c1ccc(Cl)cc1)NCc1ccccc1-c1ccc(Cn2cccn2)cc1. The van der Waals surface area contributed by atoms with Gasteiger partial charge in [-0.25, -0.2) is 0 Å². The highest BCUT2D eigenvalue weighted by atomic mass is 35.5. The predicted molar refractivity (Wildman–Crippen MR) is 133 cm³/mol. The lowest BCUT2D eigenvalue weighted by molar-refractivity contribution is -0.121. The molecular weight excluding hydrogens is 448 g/mol. The van der Waals surface area contributed by atoms with Crippen LogP contribution in [-0.4, -0.2) is 28.1 Å². The molecule has 0 unspecified atom stereocenters. The van der Waals surface area contributed by atoms with E-state index in [9.17, 15) is 9.59 Å². The molecule has 1 heterocycles. The van der Waals surface area contributed by atoms with Crippen LogP contribution >= 0.6 is 11.6 Å². The summed E-state index contributed by atoms with van der Waals surface area (Å²) in [6.07, 6.45) is 3.91. The van der Waals surface area contributed by atoms with Crippen molar-refractivity contribution >= 4 is 23.4 Å². The number of hydrogen-bond acceptors (Lipinski definition) is 3. The maximum absolute atomic E-state index is 12.3. The number of carbonyl (C=O) groups is 2. The van der Waals surface area contributed by atoms with Crippen LogP contribution in [0.2, 0.25) is 5.02 Å². The van der Waals surface area contributed by atoms with E-state index in [-0.39, 0.29) is 24.8 Å². The molecule has 0 fully saturated rings. The summed E-state index contributed by atoms with van der Waals surface area (Å²) < 4.78 is 1.89. The fraction of sp³-hybridized carbons (Fsp3) is 0.148. The maximum atomic E-state index is 12.3. The highest BCUT2D eigenvalue weighted by Gasteiger charge is 2.09. The van der Waals surface area contributed by atoms with Crippen molar-refractivity contribution in [3.05, 3.63) is 113 Å². The number of benzene rings is 3. The van der Waals surface area contributed by atoms with Gasteiger partial charge in [-0.2, -0.15) is 5.10 Å². The van der Waals surface area contributed by atoms with Gasteiger partial charge in [-0.05, 0) is 52.6 Å². The zero-order valence-corrected chi connectivity index (χ0v) is 19.3. The predicted octanol–water partition coefficient (Wildman–Crippen LogP) is 4.69. The second kappa shape index (κ2) is 11.3. The third-order valence-electron chi connectivity index (χ3n) is 5.41. The minimum atomic E-state index is -0.231. The number of carbonyl (C=O) groups excluding carboxylic acids is 2. The molecule has 0 bridgehead atoms. The first kappa shape index (κ1) is 23.3. The summed E-state index contributed by atoms with van der Waals surface area (Å²) in [6.45, 7) is 1.39. The van der Waals surface area contributed by atoms with Crippen LogP contribution in [-0.2, 0) is 17.9 Å². The summed E-state index contributed by atoms with van der Waals surface area (Å²) in [7, 11) is 0. The lowest BCUT2D eigenvalue weighted by Crippen LogP contribution is -2.30. The molecule has 0 atom stereocenters. The van der Waals surface area contributed by atoms with Crippen LogP contribution in [0.25, 0.3) is 11.1 Å². The second-order valence-corrected chi connectivity index (χ2v) is 8.28. The van der Waals surface area contributed by atoms with E-state index in [1.807, 2.05) is 35.1 Å². The summed E-state index contributed by atoms with van der Waals surface area (Å²) in [6, 6.07) is 24.9. The van der Waals surface area contributed by atoms with E-state index in [0.29, 0.717) is 17.1 Å². The third-order valence-corrected chi connectivity index (χ3v) is 5.66. The Morgan fingerprint density at radius 3 is 2.38 bits per heavy atom. The molecule has 3 aromatic carbocycles. The number of halogens is 1. The summed E-state index contributed by atoms with van der Waals surface area (Å²) in [4.78, 5) is 24.5. The van der Waals surface area contributed by atoms with Crippen molar-refractivity contribution in [1.82, 2.24) is 20.4 Å². The molecule has 0 saturated carbocycles. The van der Waals surface area contributed by atoms with Crippen LogP contribution in [0.3, 0.4) is 0 Å². The average Bonchev–Trinajstić information content (AvgIpc) is 3.37. The van der Waals surface area contributed by atoms with E-state index >= 15 is 0 Å². The van der Waals surface area contributed by atoms with Crippen molar-refractivity contribution in [1.29, 1.82) is 0 Å². The van der Waals surface area contributed by atoms with Crippen molar-refractivity contribution in [2.24, 2.45) is 0 Å². The monoisotopic (exact) mass is 472 g/mol. The van der Waals surface area contributed by atoms with Crippen molar-refractivity contribution < 1.29 is 9.59 Å². The van der Waals surface area contributed by atoms with Gasteiger partial charge < -0.3 is 10.6 Å².